The van der Waals surface area contributed by atoms with Crippen LogP contribution < -0.4 is 16.0 Å². The van der Waals surface area contributed by atoms with Crippen LogP contribution in [0.3, 0.4) is 0 Å². The van der Waals surface area contributed by atoms with E-state index in [4.69, 9.17) is 5.73 Å². The molecule has 0 atom stereocenters. The van der Waals surface area contributed by atoms with E-state index in [1.807, 2.05) is 0 Å². The van der Waals surface area contributed by atoms with Crippen LogP contribution in [0.5, 0.6) is 5.75 Å². The van der Waals surface area contributed by atoms with Crippen LogP contribution >= 0.6 is 0 Å². The van der Waals surface area contributed by atoms with Crippen molar-refractivity contribution in [2.75, 3.05) is 7.11 Å². The molecule has 0 amide bonds. The highest BCUT2D eigenvalue weighted by atomic mass is 19.4. The highest BCUT2D eigenvalue weighted by Gasteiger charge is 2.34. The van der Waals surface area contributed by atoms with Gasteiger partial charge in [0, 0.05) is 18.3 Å². The Bertz CT molecular complexity index is 524. The molecular weight excluding hydrogens is 269 g/mol. The second-order valence-corrected chi connectivity index (χ2v) is 3.46. The number of rotatable bonds is 4. The normalized spacial score (nSPS) is 11.2. The highest BCUT2D eigenvalue weighted by molar-refractivity contribution is 5.74. The molecule has 0 saturated carbocycles. The zero-order valence-corrected chi connectivity index (χ0v) is 9.84. The van der Waals surface area contributed by atoms with Crippen LogP contribution in [0.4, 0.5) is 13.2 Å². The molecule has 1 aromatic heterocycles. The minimum Gasteiger partial charge on any atom is -0.469 e. The fraction of sp³-hybridized carbons (Fsp3) is 0.400. The first-order valence-electron chi connectivity index (χ1n) is 5.04. The molecule has 0 unspecified atom stereocenters. The summed E-state index contributed by atoms with van der Waals surface area (Å²) in [5, 5.41) is 0. The van der Waals surface area contributed by atoms with E-state index < -0.39 is 30.1 Å². The average Bonchev–Trinajstić information content (AvgIpc) is 2.32. The number of H-pyrrole nitrogens is 1. The summed E-state index contributed by atoms with van der Waals surface area (Å²) in [6, 6.07) is 0. The molecule has 0 radical (unpaired) electrons. The number of hydrogen-bond donors (Lipinski definition) is 2. The molecule has 0 saturated heterocycles. The quantitative estimate of drug-likeness (QED) is 0.781. The average molecular weight is 280 g/mol. The lowest BCUT2D eigenvalue weighted by molar-refractivity contribution is -0.275. The second kappa shape index (κ2) is 5.74. The Morgan fingerprint density at radius 3 is 2.58 bits per heavy atom. The number of carbonyl (C=O) groups is 1. The second-order valence-electron chi connectivity index (χ2n) is 3.46. The van der Waals surface area contributed by atoms with Crippen molar-refractivity contribution in [1.82, 2.24) is 4.98 Å². The van der Waals surface area contributed by atoms with Gasteiger partial charge in [0.05, 0.1) is 13.5 Å². The fourth-order valence-electron chi connectivity index (χ4n) is 1.40. The Hall–Kier alpha value is -2.03. The maximum absolute atomic E-state index is 12.2. The number of methoxy groups -OCH3 is 1. The van der Waals surface area contributed by atoms with Gasteiger partial charge in [0.15, 0.2) is 5.75 Å². The molecule has 1 heterocycles. The molecule has 0 aliphatic carbocycles. The van der Waals surface area contributed by atoms with Crippen LogP contribution in [0.2, 0.25) is 0 Å². The van der Waals surface area contributed by atoms with Gasteiger partial charge in [0.2, 0.25) is 0 Å². The van der Waals surface area contributed by atoms with Crippen molar-refractivity contribution in [1.29, 1.82) is 0 Å². The molecule has 0 fully saturated rings. The number of hydrogen-bond acceptors (Lipinski definition) is 5. The van der Waals surface area contributed by atoms with Gasteiger partial charge in [-0.2, -0.15) is 0 Å². The van der Waals surface area contributed by atoms with Gasteiger partial charge in [0.1, 0.15) is 0 Å². The zero-order valence-electron chi connectivity index (χ0n) is 9.84. The monoisotopic (exact) mass is 280 g/mol. The number of carbonyl (C=O) groups excluding carboxylic acids is 1. The number of alkyl halides is 3. The Labute approximate surface area is 105 Å². The molecule has 19 heavy (non-hydrogen) atoms. The van der Waals surface area contributed by atoms with Crippen molar-refractivity contribution in [3.63, 3.8) is 0 Å². The Balaban J connectivity index is 3.32. The van der Waals surface area contributed by atoms with Gasteiger partial charge in [-0.3, -0.25) is 9.59 Å². The van der Waals surface area contributed by atoms with Gasteiger partial charge in [-0.15, -0.1) is 13.2 Å². The van der Waals surface area contributed by atoms with E-state index in [9.17, 15) is 22.8 Å². The number of ether oxygens (including phenoxy) is 2. The topological polar surface area (TPSA) is 94.4 Å². The van der Waals surface area contributed by atoms with Crippen LogP contribution in [0.15, 0.2) is 11.0 Å². The SMILES string of the molecule is COC(=O)Cc1c(CN)c[nH]c(=O)c1OC(F)(F)F. The molecule has 0 bridgehead atoms. The number of halogens is 3. The minimum atomic E-state index is -5.05. The smallest absolute Gasteiger partial charge is 0.469 e. The van der Waals surface area contributed by atoms with Crippen molar-refractivity contribution in [2.24, 2.45) is 5.73 Å². The summed E-state index contributed by atoms with van der Waals surface area (Å²) in [6.45, 7) is -0.169. The number of esters is 1. The van der Waals surface area contributed by atoms with Crippen LogP contribution in [0.25, 0.3) is 0 Å². The van der Waals surface area contributed by atoms with Gasteiger partial charge in [-0.05, 0) is 5.56 Å². The number of pyridine rings is 1. The third-order valence-electron chi connectivity index (χ3n) is 2.23. The molecular formula is C10H11F3N2O4. The van der Waals surface area contributed by atoms with E-state index in [2.05, 4.69) is 14.5 Å². The van der Waals surface area contributed by atoms with E-state index in [0.29, 0.717) is 0 Å². The summed E-state index contributed by atoms with van der Waals surface area (Å²) in [6.07, 6.45) is -4.46. The summed E-state index contributed by atoms with van der Waals surface area (Å²) in [7, 11) is 1.07. The van der Waals surface area contributed by atoms with Crippen molar-refractivity contribution >= 4 is 5.97 Å². The lowest BCUT2D eigenvalue weighted by atomic mass is 10.1. The molecule has 6 nitrogen and oxygen atoms in total. The summed E-state index contributed by atoms with van der Waals surface area (Å²) in [5.41, 5.74) is 4.15. The molecule has 0 aliphatic rings. The van der Waals surface area contributed by atoms with Gasteiger partial charge in [-0.25, -0.2) is 0 Å². The summed E-state index contributed by atoms with van der Waals surface area (Å²) < 4.78 is 44.7. The molecule has 1 rings (SSSR count). The third-order valence-corrected chi connectivity index (χ3v) is 2.23. The molecule has 9 heteroatoms. The predicted molar refractivity (Wildman–Crippen MR) is 57.4 cm³/mol. The van der Waals surface area contributed by atoms with E-state index >= 15 is 0 Å². The number of aromatic nitrogens is 1. The Kier molecular flexibility index (Phi) is 4.54. The number of nitrogens with two attached hydrogens (primary N) is 1. The van der Waals surface area contributed by atoms with Crippen LogP contribution in [-0.2, 0) is 22.5 Å². The number of nitrogens with one attached hydrogen (secondary N) is 1. The van der Waals surface area contributed by atoms with E-state index in [-0.39, 0.29) is 17.7 Å². The van der Waals surface area contributed by atoms with Crippen molar-refractivity contribution < 1.29 is 27.4 Å². The Morgan fingerprint density at radius 2 is 2.11 bits per heavy atom. The Morgan fingerprint density at radius 1 is 1.47 bits per heavy atom. The van der Waals surface area contributed by atoms with Gasteiger partial charge >= 0.3 is 12.3 Å². The maximum atomic E-state index is 12.2. The van der Waals surface area contributed by atoms with Crippen LogP contribution in [0, 0.1) is 0 Å². The fourth-order valence-corrected chi connectivity index (χ4v) is 1.40. The molecule has 0 aliphatic heterocycles. The van der Waals surface area contributed by atoms with E-state index in [0.717, 1.165) is 13.3 Å². The number of aromatic amines is 1. The van der Waals surface area contributed by atoms with Crippen molar-refractivity contribution in [3.8, 4) is 5.75 Å². The summed E-state index contributed by atoms with van der Waals surface area (Å²) >= 11 is 0. The maximum Gasteiger partial charge on any atom is 0.573 e. The first kappa shape index (κ1) is 15.0. The van der Waals surface area contributed by atoms with E-state index in [1.165, 1.54) is 0 Å². The summed E-state index contributed by atoms with van der Waals surface area (Å²) in [5.74, 6) is -1.81. The molecule has 0 aromatic carbocycles. The largest absolute Gasteiger partial charge is 0.573 e. The summed E-state index contributed by atoms with van der Waals surface area (Å²) in [4.78, 5) is 24.6. The molecule has 3 N–H and O–H groups in total. The highest BCUT2D eigenvalue weighted by Crippen LogP contribution is 2.25. The molecule has 106 valence electrons. The van der Waals surface area contributed by atoms with E-state index in [1.54, 1.807) is 0 Å². The lowest BCUT2D eigenvalue weighted by Gasteiger charge is -2.14. The van der Waals surface area contributed by atoms with Crippen molar-refractivity contribution in [3.05, 3.63) is 27.7 Å². The van der Waals surface area contributed by atoms with Crippen molar-refractivity contribution in [2.45, 2.75) is 19.3 Å². The minimum absolute atomic E-state index is 0.157. The molecule has 0 spiro atoms. The lowest BCUT2D eigenvalue weighted by Crippen LogP contribution is -2.26. The van der Waals surface area contributed by atoms with Crippen LogP contribution in [0.1, 0.15) is 11.1 Å². The van der Waals surface area contributed by atoms with Crippen LogP contribution in [-0.4, -0.2) is 24.4 Å². The third kappa shape index (κ3) is 3.98. The predicted octanol–water partition coefficient (Wildman–Crippen LogP) is 0.448. The molecule has 1 aromatic rings. The zero-order chi connectivity index (χ0) is 14.6. The first-order chi connectivity index (χ1) is 8.78. The van der Waals surface area contributed by atoms with Gasteiger partial charge < -0.3 is 20.2 Å². The van der Waals surface area contributed by atoms with Gasteiger partial charge in [-0.1, -0.05) is 0 Å². The van der Waals surface area contributed by atoms with Gasteiger partial charge in [0.25, 0.3) is 5.56 Å². The standard InChI is InChI=1S/C10H11F3N2O4/c1-18-7(16)2-6-5(3-14)4-15-9(17)8(6)19-10(11,12)13/h4H,2-3,14H2,1H3,(H,15,17). The first-order valence-corrected chi connectivity index (χ1v) is 5.04.